The Hall–Kier alpha value is -1.55. The third-order valence-corrected chi connectivity index (χ3v) is 8.89. The van der Waals surface area contributed by atoms with Gasteiger partial charge in [-0.3, -0.25) is 4.79 Å². The Bertz CT molecular complexity index is 665. The monoisotopic (exact) mass is 303 g/mol. The average Bonchev–Trinajstić information content (AvgIpc) is 2.74. The highest BCUT2D eigenvalue weighted by Gasteiger charge is 2.39. The van der Waals surface area contributed by atoms with Crippen LogP contribution in [0.4, 0.5) is 0 Å². The molecule has 2 aromatic rings. The standard InChI is InChI=1S/C17H25NO2Si/c1-7-18-11-13(12-19)15-10-14(8-9-16(15)18)20-21(5,6)17(2,3)4/h8-12H,7H2,1-6H3. The molecule has 0 saturated heterocycles. The molecule has 114 valence electrons. The summed E-state index contributed by atoms with van der Waals surface area (Å²) in [6.45, 7) is 14.1. The minimum Gasteiger partial charge on any atom is -0.543 e. The molecule has 0 unspecified atom stereocenters. The highest BCUT2D eigenvalue weighted by atomic mass is 28.4. The maximum atomic E-state index is 11.3. The van der Waals surface area contributed by atoms with E-state index in [0.29, 0.717) is 0 Å². The van der Waals surface area contributed by atoms with Crippen molar-refractivity contribution in [2.75, 3.05) is 0 Å². The fourth-order valence-corrected chi connectivity index (χ4v) is 3.19. The van der Waals surface area contributed by atoms with Crippen LogP contribution in [0.15, 0.2) is 24.4 Å². The number of hydrogen-bond acceptors (Lipinski definition) is 2. The first-order chi connectivity index (χ1) is 9.69. The van der Waals surface area contributed by atoms with Crippen LogP contribution in [0.25, 0.3) is 10.9 Å². The fraction of sp³-hybridized carbons (Fsp3) is 0.471. The largest absolute Gasteiger partial charge is 0.543 e. The second kappa shape index (κ2) is 5.33. The van der Waals surface area contributed by atoms with E-state index in [9.17, 15) is 4.79 Å². The molecule has 0 N–H and O–H groups in total. The predicted molar refractivity (Wildman–Crippen MR) is 90.8 cm³/mol. The minimum absolute atomic E-state index is 0.158. The molecule has 0 aliphatic heterocycles. The molecule has 0 saturated carbocycles. The second-order valence-corrected chi connectivity index (χ2v) is 11.8. The first kappa shape index (κ1) is 15.8. The Labute approximate surface area is 128 Å². The maximum absolute atomic E-state index is 11.3. The normalized spacial score (nSPS) is 12.7. The van der Waals surface area contributed by atoms with Gasteiger partial charge in [-0.1, -0.05) is 20.8 Å². The molecule has 1 aromatic heterocycles. The molecular formula is C17H25NO2Si. The van der Waals surface area contributed by atoms with Gasteiger partial charge in [0.05, 0.1) is 0 Å². The fourth-order valence-electron chi connectivity index (χ4n) is 2.17. The Balaban J connectivity index is 2.46. The summed E-state index contributed by atoms with van der Waals surface area (Å²) < 4.78 is 8.42. The Morgan fingerprint density at radius 1 is 1.29 bits per heavy atom. The van der Waals surface area contributed by atoms with Crippen molar-refractivity contribution in [1.29, 1.82) is 0 Å². The van der Waals surface area contributed by atoms with Gasteiger partial charge in [-0.15, -0.1) is 0 Å². The van der Waals surface area contributed by atoms with Crippen LogP contribution in [-0.2, 0) is 6.54 Å². The summed E-state index contributed by atoms with van der Waals surface area (Å²) in [4.78, 5) is 11.3. The summed E-state index contributed by atoms with van der Waals surface area (Å²) in [5.41, 5.74) is 1.81. The van der Waals surface area contributed by atoms with Gasteiger partial charge in [0.1, 0.15) is 5.75 Å². The zero-order chi connectivity index (χ0) is 15.8. The van der Waals surface area contributed by atoms with Gasteiger partial charge < -0.3 is 8.99 Å². The molecule has 1 aromatic carbocycles. The lowest BCUT2D eigenvalue weighted by molar-refractivity contribution is 0.112. The van der Waals surface area contributed by atoms with E-state index in [1.54, 1.807) is 0 Å². The molecule has 0 bridgehead atoms. The smallest absolute Gasteiger partial charge is 0.250 e. The topological polar surface area (TPSA) is 31.2 Å². The van der Waals surface area contributed by atoms with E-state index in [2.05, 4.69) is 45.4 Å². The number of benzene rings is 1. The summed E-state index contributed by atoms with van der Waals surface area (Å²) in [6.07, 6.45) is 2.83. The lowest BCUT2D eigenvalue weighted by atomic mass is 10.2. The van der Waals surface area contributed by atoms with Gasteiger partial charge in [0.25, 0.3) is 0 Å². The third kappa shape index (κ3) is 2.90. The molecule has 0 radical (unpaired) electrons. The van der Waals surface area contributed by atoms with Gasteiger partial charge >= 0.3 is 0 Å². The Kier molecular flexibility index (Phi) is 4.02. The first-order valence-corrected chi connectivity index (χ1v) is 10.4. The van der Waals surface area contributed by atoms with E-state index in [1.165, 1.54) is 0 Å². The van der Waals surface area contributed by atoms with Crippen LogP contribution < -0.4 is 4.43 Å². The van der Waals surface area contributed by atoms with Gasteiger partial charge in [0, 0.05) is 29.2 Å². The molecule has 4 heteroatoms. The molecule has 2 rings (SSSR count). The SMILES string of the molecule is CCn1cc(C=O)c2cc(O[Si](C)(C)C(C)(C)C)ccc21. The van der Waals surface area contributed by atoms with Crippen LogP contribution >= 0.6 is 0 Å². The highest BCUT2D eigenvalue weighted by molar-refractivity contribution is 6.74. The van der Waals surface area contributed by atoms with Crippen LogP contribution in [0, 0.1) is 0 Å². The van der Waals surface area contributed by atoms with Gasteiger partial charge in [-0.25, -0.2) is 0 Å². The minimum atomic E-state index is -1.86. The van der Waals surface area contributed by atoms with E-state index in [0.717, 1.165) is 35.0 Å². The van der Waals surface area contributed by atoms with Crippen LogP contribution in [0.2, 0.25) is 18.1 Å². The van der Waals surface area contributed by atoms with Crippen molar-refractivity contribution in [3.05, 3.63) is 30.0 Å². The van der Waals surface area contributed by atoms with E-state index < -0.39 is 8.32 Å². The lowest BCUT2D eigenvalue weighted by Gasteiger charge is -2.36. The molecule has 0 spiro atoms. The van der Waals surface area contributed by atoms with E-state index >= 15 is 0 Å². The number of nitrogens with zero attached hydrogens (tertiary/aromatic N) is 1. The molecule has 0 aliphatic rings. The third-order valence-electron chi connectivity index (χ3n) is 4.53. The number of aryl methyl sites for hydroxylation is 1. The number of aldehydes is 1. The summed E-state index contributed by atoms with van der Waals surface area (Å²) in [6, 6.07) is 6.07. The van der Waals surface area contributed by atoms with E-state index in [-0.39, 0.29) is 5.04 Å². The number of aromatic nitrogens is 1. The summed E-state index contributed by atoms with van der Waals surface area (Å²) in [5, 5.41) is 1.13. The summed E-state index contributed by atoms with van der Waals surface area (Å²) in [5.74, 6) is 0.867. The van der Waals surface area contributed by atoms with Gasteiger partial charge in [0.15, 0.2) is 6.29 Å². The van der Waals surface area contributed by atoms with Crippen molar-refractivity contribution in [3.63, 3.8) is 0 Å². The van der Waals surface area contributed by atoms with Gasteiger partial charge in [-0.05, 0) is 43.3 Å². The molecule has 0 amide bonds. The van der Waals surface area contributed by atoms with Crippen molar-refractivity contribution in [3.8, 4) is 5.75 Å². The molecular weight excluding hydrogens is 278 g/mol. The van der Waals surface area contributed by atoms with E-state index in [1.807, 2.05) is 24.4 Å². The van der Waals surface area contributed by atoms with Crippen molar-refractivity contribution < 1.29 is 9.22 Å². The number of rotatable bonds is 4. The predicted octanol–water partition coefficient (Wildman–Crippen LogP) is 4.86. The molecule has 0 fully saturated rings. The molecule has 3 nitrogen and oxygen atoms in total. The van der Waals surface area contributed by atoms with Crippen molar-refractivity contribution in [2.24, 2.45) is 0 Å². The number of carbonyl (C=O) groups excluding carboxylic acids is 1. The Morgan fingerprint density at radius 2 is 1.95 bits per heavy atom. The lowest BCUT2D eigenvalue weighted by Crippen LogP contribution is -2.43. The van der Waals surface area contributed by atoms with E-state index in [4.69, 9.17) is 4.43 Å². The molecule has 21 heavy (non-hydrogen) atoms. The second-order valence-electron chi connectivity index (χ2n) is 7.03. The summed E-state index contributed by atoms with van der Waals surface area (Å²) >= 11 is 0. The number of hydrogen-bond donors (Lipinski definition) is 0. The quantitative estimate of drug-likeness (QED) is 0.597. The van der Waals surface area contributed by atoms with Crippen LogP contribution in [-0.4, -0.2) is 19.2 Å². The Morgan fingerprint density at radius 3 is 2.48 bits per heavy atom. The zero-order valence-corrected chi connectivity index (χ0v) is 14.9. The van der Waals surface area contributed by atoms with Gasteiger partial charge in [0.2, 0.25) is 8.32 Å². The maximum Gasteiger partial charge on any atom is 0.250 e. The zero-order valence-electron chi connectivity index (χ0n) is 13.9. The van der Waals surface area contributed by atoms with Crippen molar-refractivity contribution >= 4 is 25.5 Å². The van der Waals surface area contributed by atoms with Crippen molar-refractivity contribution in [1.82, 2.24) is 4.57 Å². The van der Waals surface area contributed by atoms with Crippen LogP contribution in [0.5, 0.6) is 5.75 Å². The van der Waals surface area contributed by atoms with Crippen LogP contribution in [0.1, 0.15) is 38.1 Å². The van der Waals surface area contributed by atoms with Gasteiger partial charge in [-0.2, -0.15) is 0 Å². The van der Waals surface area contributed by atoms with Crippen LogP contribution in [0.3, 0.4) is 0 Å². The molecule has 1 heterocycles. The number of carbonyl (C=O) groups is 1. The molecule has 0 aliphatic carbocycles. The summed E-state index contributed by atoms with van der Waals surface area (Å²) in [7, 11) is -1.86. The first-order valence-electron chi connectivity index (χ1n) is 7.46. The van der Waals surface area contributed by atoms with Crippen molar-refractivity contribution in [2.45, 2.75) is 52.4 Å². The molecule has 0 atom stereocenters. The average molecular weight is 303 g/mol. The number of fused-ring (bicyclic) bond motifs is 1. The highest BCUT2D eigenvalue weighted by Crippen LogP contribution is 2.38.